The molecule has 0 aromatic carbocycles. The lowest BCUT2D eigenvalue weighted by molar-refractivity contribution is 0.137. The summed E-state index contributed by atoms with van der Waals surface area (Å²) in [5, 5.41) is 13.9. The molecule has 0 aromatic heterocycles. The van der Waals surface area contributed by atoms with E-state index < -0.39 is 6.16 Å². The molecule has 0 saturated carbocycles. The van der Waals surface area contributed by atoms with E-state index >= 15 is 0 Å². The van der Waals surface area contributed by atoms with Crippen LogP contribution in [0.25, 0.3) is 0 Å². The zero-order valence-corrected chi connectivity index (χ0v) is 14.3. The van der Waals surface area contributed by atoms with Gasteiger partial charge in [-0.1, -0.05) is 76.0 Å². The van der Waals surface area contributed by atoms with Crippen LogP contribution >= 0.6 is 0 Å². The van der Waals surface area contributed by atoms with Gasteiger partial charge in [-0.25, -0.2) is 4.79 Å². The van der Waals surface area contributed by atoms with E-state index in [4.69, 9.17) is 15.0 Å². The van der Waals surface area contributed by atoms with Gasteiger partial charge in [-0.3, -0.25) is 0 Å². The fourth-order valence-electron chi connectivity index (χ4n) is 1.80. The third kappa shape index (κ3) is 31.1. The van der Waals surface area contributed by atoms with Crippen LogP contribution in [0.3, 0.4) is 0 Å². The first-order valence-electron chi connectivity index (χ1n) is 8.52. The molecule has 22 heavy (non-hydrogen) atoms. The third-order valence-corrected chi connectivity index (χ3v) is 2.99. The summed E-state index contributed by atoms with van der Waals surface area (Å²) in [5.41, 5.74) is 0. The predicted molar refractivity (Wildman–Crippen MR) is 95.6 cm³/mol. The van der Waals surface area contributed by atoms with Crippen molar-refractivity contribution >= 4 is 6.16 Å². The van der Waals surface area contributed by atoms with Crippen molar-refractivity contribution in [3.05, 3.63) is 36.5 Å². The van der Waals surface area contributed by atoms with Gasteiger partial charge in [-0.2, -0.15) is 0 Å². The van der Waals surface area contributed by atoms with Crippen molar-refractivity contribution in [2.75, 3.05) is 0 Å². The second-order valence-corrected chi connectivity index (χ2v) is 5.16. The molecule has 0 aliphatic heterocycles. The minimum absolute atomic E-state index is 1.09. The van der Waals surface area contributed by atoms with Crippen molar-refractivity contribution in [2.24, 2.45) is 0 Å². The maximum Gasteiger partial charge on any atom is 0.503 e. The van der Waals surface area contributed by atoms with Crippen LogP contribution in [0.2, 0.25) is 0 Å². The van der Waals surface area contributed by atoms with Gasteiger partial charge in [0, 0.05) is 0 Å². The topological polar surface area (TPSA) is 57.5 Å². The first-order valence-corrected chi connectivity index (χ1v) is 8.52. The Bertz CT molecular complexity index is 276. The molecule has 128 valence electrons. The summed E-state index contributed by atoms with van der Waals surface area (Å²) >= 11 is 0. The molecule has 0 aromatic rings. The Morgan fingerprint density at radius 2 is 1.00 bits per heavy atom. The molecule has 0 aliphatic rings. The molecular weight excluding hydrogens is 276 g/mol. The minimum Gasteiger partial charge on any atom is -0.450 e. The molecule has 0 fully saturated rings. The van der Waals surface area contributed by atoms with Crippen molar-refractivity contribution < 1.29 is 15.0 Å². The van der Waals surface area contributed by atoms with E-state index in [1.807, 2.05) is 0 Å². The Morgan fingerprint density at radius 3 is 1.32 bits per heavy atom. The molecule has 0 atom stereocenters. The molecule has 0 unspecified atom stereocenters. The van der Waals surface area contributed by atoms with Gasteiger partial charge in [0.1, 0.15) is 0 Å². The van der Waals surface area contributed by atoms with E-state index in [2.05, 4.69) is 50.3 Å². The number of carbonyl (C=O) groups is 1. The van der Waals surface area contributed by atoms with Gasteiger partial charge < -0.3 is 10.2 Å². The smallest absolute Gasteiger partial charge is 0.450 e. The lowest BCUT2D eigenvalue weighted by Crippen LogP contribution is -1.81. The van der Waals surface area contributed by atoms with Crippen molar-refractivity contribution in [1.82, 2.24) is 0 Å². The average Bonchev–Trinajstić information content (AvgIpc) is 2.47. The fourth-order valence-corrected chi connectivity index (χ4v) is 1.80. The minimum atomic E-state index is -1.83. The molecular formula is C19H34O3. The second kappa shape index (κ2) is 21.8. The number of rotatable bonds is 12. The Morgan fingerprint density at radius 1 is 0.682 bits per heavy atom. The van der Waals surface area contributed by atoms with Crippen LogP contribution in [-0.2, 0) is 0 Å². The quantitative estimate of drug-likeness (QED) is 0.307. The molecule has 0 spiro atoms. The van der Waals surface area contributed by atoms with E-state index in [0.29, 0.717) is 0 Å². The third-order valence-electron chi connectivity index (χ3n) is 2.99. The second-order valence-electron chi connectivity index (χ2n) is 5.16. The van der Waals surface area contributed by atoms with E-state index in [-0.39, 0.29) is 0 Å². The van der Waals surface area contributed by atoms with Crippen molar-refractivity contribution in [3.63, 3.8) is 0 Å². The first-order chi connectivity index (χ1) is 10.6. The Hall–Kier alpha value is -1.51. The van der Waals surface area contributed by atoms with Crippen molar-refractivity contribution in [1.29, 1.82) is 0 Å². The summed E-state index contributed by atoms with van der Waals surface area (Å²) in [6.07, 6.45) is 24.7. The zero-order valence-electron chi connectivity index (χ0n) is 14.3. The molecule has 0 saturated heterocycles. The van der Waals surface area contributed by atoms with E-state index in [0.717, 1.165) is 12.8 Å². The van der Waals surface area contributed by atoms with Crippen molar-refractivity contribution in [3.8, 4) is 0 Å². The normalized spacial score (nSPS) is 11.2. The number of unbranched alkanes of at least 4 members (excludes halogenated alkanes) is 6. The van der Waals surface area contributed by atoms with Crippen LogP contribution in [0.4, 0.5) is 4.79 Å². The molecule has 3 nitrogen and oxygen atoms in total. The highest BCUT2D eigenvalue weighted by molar-refractivity contribution is 5.53. The highest BCUT2D eigenvalue weighted by Gasteiger charge is 1.81. The molecule has 0 amide bonds. The molecule has 0 radical (unpaired) electrons. The highest BCUT2D eigenvalue weighted by Crippen LogP contribution is 2.02. The lowest BCUT2D eigenvalue weighted by Gasteiger charge is -1.91. The summed E-state index contributed by atoms with van der Waals surface area (Å²) < 4.78 is 0. The maximum atomic E-state index is 8.56. The number of hydrogen-bond acceptors (Lipinski definition) is 1. The molecule has 0 rings (SSSR count). The highest BCUT2D eigenvalue weighted by atomic mass is 16.6. The van der Waals surface area contributed by atoms with Crippen LogP contribution in [0.15, 0.2) is 36.5 Å². The van der Waals surface area contributed by atoms with E-state index in [1.54, 1.807) is 0 Å². The Balaban J connectivity index is 0. The van der Waals surface area contributed by atoms with Gasteiger partial charge in [-0.15, -0.1) is 0 Å². The summed E-state index contributed by atoms with van der Waals surface area (Å²) in [6.45, 7) is 4.50. The maximum absolute atomic E-state index is 8.56. The van der Waals surface area contributed by atoms with Gasteiger partial charge in [0.05, 0.1) is 0 Å². The van der Waals surface area contributed by atoms with Gasteiger partial charge in [0.15, 0.2) is 0 Å². The number of allylic oxidation sites excluding steroid dienone is 6. The molecule has 0 bridgehead atoms. The van der Waals surface area contributed by atoms with Crippen LogP contribution in [0.5, 0.6) is 0 Å². The number of hydrogen-bond donors (Lipinski definition) is 2. The SMILES string of the molecule is CCCCCC=CCC=CCC=CCCCCC.O=C(O)O. The summed E-state index contributed by atoms with van der Waals surface area (Å²) in [6, 6.07) is 0. The van der Waals surface area contributed by atoms with Gasteiger partial charge >= 0.3 is 6.16 Å². The largest absolute Gasteiger partial charge is 0.503 e. The Labute approximate surface area is 136 Å². The fraction of sp³-hybridized carbons (Fsp3) is 0.632. The summed E-state index contributed by atoms with van der Waals surface area (Å²) in [5.74, 6) is 0. The monoisotopic (exact) mass is 310 g/mol. The zero-order chi connectivity index (χ0) is 16.9. The average molecular weight is 310 g/mol. The van der Waals surface area contributed by atoms with Crippen LogP contribution in [0.1, 0.15) is 78.1 Å². The van der Waals surface area contributed by atoms with Crippen LogP contribution < -0.4 is 0 Å². The lowest BCUT2D eigenvalue weighted by atomic mass is 10.2. The van der Waals surface area contributed by atoms with Crippen LogP contribution in [0, 0.1) is 0 Å². The predicted octanol–water partition coefficient (Wildman–Crippen LogP) is 6.82. The molecule has 3 heteroatoms. The number of carboxylic acid groups (broad SMARTS) is 2. The van der Waals surface area contributed by atoms with Gasteiger partial charge in [0.2, 0.25) is 0 Å². The van der Waals surface area contributed by atoms with E-state index in [1.165, 1.54) is 51.4 Å². The standard InChI is InChI=1S/C18H32.CH2O3/c1-3-5-7-9-11-13-15-17-18-16-14-12-10-8-6-4-2;2-1(3)4/h11-14,17-18H,3-10,15-16H2,1-2H3;(H2,2,3,4). The molecule has 0 heterocycles. The van der Waals surface area contributed by atoms with Crippen molar-refractivity contribution in [2.45, 2.75) is 78.1 Å². The van der Waals surface area contributed by atoms with Crippen LogP contribution in [-0.4, -0.2) is 16.4 Å². The molecule has 0 aliphatic carbocycles. The Kier molecular flexibility index (Phi) is 22.5. The molecule has 2 N–H and O–H groups in total. The van der Waals surface area contributed by atoms with E-state index in [9.17, 15) is 0 Å². The first kappa shape index (κ1) is 22.8. The summed E-state index contributed by atoms with van der Waals surface area (Å²) in [7, 11) is 0. The van der Waals surface area contributed by atoms with Gasteiger partial charge in [0.25, 0.3) is 0 Å². The van der Waals surface area contributed by atoms with Gasteiger partial charge in [-0.05, 0) is 38.5 Å². The summed E-state index contributed by atoms with van der Waals surface area (Å²) in [4.78, 5) is 8.56.